The molecule has 16 heteroatoms. The molecule has 0 aromatic carbocycles. The van der Waals surface area contributed by atoms with Gasteiger partial charge in [0, 0.05) is 19.4 Å². The van der Waals surface area contributed by atoms with Crippen LogP contribution in [-0.4, -0.2) is 82.1 Å². The highest BCUT2D eigenvalue weighted by Gasteiger charge is 2.28. The third kappa shape index (κ3) is 38.3. The van der Waals surface area contributed by atoms with Crippen molar-refractivity contribution in [2.75, 3.05) is 33.0 Å². The van der Waals surface area contributed by atoms with Crippen molar-refractivity contribution >= 4 is 27.6 Å². The number of ether oxygens (including phenoxy) is 2. The molecule has 14 nitrogen and oxygen atoms in total. The van der Waals surface area contributed by atoms with Crippen molar-refractivity contribution in [3.63, 3.8) is 0 Å². The quantitative estimate of drug-likeness (QED) is 0.0176. The van der Waals surface area contributed by atoms with Crippen molar-refractivity contribution in [3.8, 4) is 0 Å². The number of carbonyl (C=O) groups is 2. The fourth-order valence-corrected chi connectivity index (χ4v) is 5.89. The molecule has 0 radical (unpaired) electrons. The lowest BCUT2D eigenvalue weighted by molar-refractivity contribution is -0.161. The Hall–Kier alpha value is -1.96. The van der Waals surface area contributed by atoms with Crippen molar-refractivity contribution in [2.24, 2.45) is 5.92 Å². The van der Waals surface area contributed by atoms with E-state index in [1.54, 1.807) is 0 Å². The third-order valence-corrected chi connectivity index (χ3v) is 9.13. The molecule has 0 aromatic heterocycles. The van der Waals surface area contributed by atoms with E-state index in [9.17, 15) is 28.7 Å². The molecule has 0 amide bonds. The van der Waals surface area contributed by atoms with Gasteiger partial charge >= 0.3 is 27.6 Å². The highest BCUT2D eigenvalue weighted by molar-refractivity contribution is 7.47. The van der Waals surface area contributed by atoms with Crippen LogP contribution in [0, 0.1) is 5.92 Å². The number of esters is 2. The molecule has 0 spiro atoms. The van der Waals surface area contributed by atoms with Crippen LogP contribution < -0.4 is 0 Å². The fourth-order valence-electron chi connectivity index (χ4n) is 4.74. The minimum absolute atomic E-state index is 0.108. The molecule has 0 aromatic rings. The van der Waals surface area contributed by atoms with E-state index in [0.717, 1.165) is 70.6 Å². The number of aliphatic hydroxyl groups excluding tert-OH is 2. The Bertz CT molecular complexity index is 1160. The van der Waals surface area contributed by atoms with Crippen LogP contribution in [0.1, 0.15) is 129 Å². The first-order chi connectivity index (χ1) is 25.7. The molecule has 314 valence electrons. The van der Waals surface area contributed by atoms with Gasteiger partial charge in [0.1, 0.15) is 12.7 Å². The zero-order valence-corrected chi connectivity index (χ0v) is 34.2. The summed E-state index contributed by atoms with van der Waals surface area (Å²) in [5.74, 6) is -0.439. The number of phosphoric acid groups is 2. The smallest absolute Gasteiger partial charge is 0.462 e. The first-order valence-electron chi connectivity index (χ1n) is 19.3. The zero-order valence-electron chi connectivity index (χ0n) is 32.4. The first kappa shape index (κ1) is 52.0. The Labute approximate surface area is 322 Å². The van der Waals surface area contributed by atoms with E-state index in [1.165, 1.54) is 12.8 Å². The van der Waals surface area contributed by atoms with E-state index in [4.69, 9.17) is 28.9 Å². The lowest BCUT2D eigenvalue weighted by atomic mass is 10.0. The summed E-state index contributed by atoms with van der Waals surface area (Å²) in [5.41, 5.74) is 0. The third-order valence-electron chi connectivity index (χ3n) is 7.69. The van der Waals surface area contributed by atoms with Gasteiger partial charge in [0.2, 0.25) is 0 Å². The second-order valence-electron chi connectivity index (χ2n) is 13.4. The SMILES string of the molecule is CC(C)CCCCCCCCC(=O)O[C@H](COC(=O)CCC/C=C\C/C=C\C/C=C\C/C=C\CCCCCO)COP(=O)(O)OC[C@@H](O)COP(=O)(O)O. The van der Waals surface area contributed by atoms with Gasteiger partial charge in [-0.05, 0) is 63.7 Å². The number of phosphoric ester groups is 2. The molecule has 0 fully saturated rings. The Kier molecular flexibility index (Phi) is 33.1. The highest BCUT2D eigenvalue weighted by Crippen LogP contribution is 2.43. The van der Waals surface area contributed by atoms with Crippen molar-refractivity contribution in [2.45, 2.75) is 142 Å². The summed E-state index contributed by atoms with van der Waals surface area (Å²) in [5, 5.41) is 18.5. The van der Waals surface area contributed by atoms with Gasteiger partial charge in [0.05, 0.1) is 19.8 Å². The number of unbranched alkanes of at least 4 members (excludes halogenated alkanes) is 9. The fraction of sp³-hybridized carbons (Fsp3) is 0.737. The van der Waals surface area contributed by atoms with Crippen LogP contribution >= 0.6 is 15.6 Å². The monoisotopic (exact) mass is 810 g/mol. The van der Waals surface area contributed by atoms with Gasteiger partial charge in [0.15, 0.2) is 6.10 Å². The molecule has 0 saturated carbocycles. The zero-order chi connectivity index (χ0) is 40.3. The van der Waals surface area contributed by atoms with Crippen LogP contribution in [0.3, 0.4) is 0 Å². The molecule has 0 aliphatic heterocycles. The summed E-state index contributed by atoms with van der Waals surface area (Å²) >= 11 is 0. The standard InChI is InChI=1S/C38H68O14P2/c1-34(2)26-22-18-15-16-20-24-28-38(42)52-36(33-51-54(46,47)50-31-35(40)30-49-53(43,44)45)32-48-37(41)27-23-19-14-12-10-8-6-4-3-5-7-9-11-13-17-21-25-29-39/h3,5-6,8-9,11-12,14,34-36,39-40H,4,7,10,13,15-33H2,1-2H3,(H,46,47)(H2,43,44,45)/b5-3-,8-6-,11-9-,14-12-/t35-,36+/m0/s1. The molecular weight excluding hydrogens is 742 g/mol. The van der Waals surface area contributed by atoms with Gasteiger partial charge < -0.3 is 34.4 Å². The number of rotatable bonds is 36. The number of carbonyl (C=O) groups excluding carboxylic acids is 2. The Balaban J connectivity index is 4.61. The van der Waals surface area contributed by atoms with Gasteiger partial charge in [-0.1, -0.05) is 107 Å². The number of hydrogen-bond donors (Lipinski definition) is 5. The summed E-state index contributed by atoms with van der Waals surface area (Å²) in [6.07, 6.45) is 28.9. The molecule has 0 saturated heterocycles. The van der Waals surface area contributed by atoms with Crippen molar-refractivity contribution in [1.82, 2.24) is 0 Å². The summed E-state index contributed by atoms with van der Waals surface area (Å²) in [6.45, 7) is 1.86. The predicted octanol–water partition coefficient (Wildman–Crippen LogP) is 7.94. The lowest BCUT2D eigenvalue weighted by Crippen LogP contribution is -2.30. The molecule has 1 unspecified atom stereocenters. The van der Waals surface area contributed by atoms with E-state index in [1.807, 2.05) is 12.2 Å². The van der Waals surface area contributed by atoms with Gasteiger partial charge in [0.25, 0.3) is 0 Å². The predicted molar refractivity (Wildman–Crippen MR) is 208 cm³/mol. The number of hydrogen-bond acceptors (Lipinski definition) is 11. The normalized spacial score (nSPS) is 14.8. The Morgan fingerprint density at radius 1 is 0.593 bits per heavy atom. The van der Waals surface area contributed by atoms with Crippen molar-refractivity contribution < 1.29 is 66.7 Å². The van der Waals surface area contributed by atoms with Gasteiger partial charge in [-0.15, -0.1) is 0 Å². The van der Waals surface area contributed by atoms with Crippen molar-refractivity contribution in [3.05, 3.63) is 48.6 Å². The summed E-state index contributed by atoms with van der Waals surface area (Å²) in [4.78, 5) is 52.4. The molecule has 0 bridgehead atoms. The van der Waals surface area contributed by atoms with Crippen LogP contribution in [0.15, 0.2) is 48.6 Å². The molecule has 0 heterocycles. The van der Waals surface area contributed by atoms with Crippen LogP contribution in [0.4, 0.5) is 0 Å². The van der Waals surface area contributed by atoms with E-state index in [0.29, 0.717) is 25.2 Å². The highest BCUT2D eigenvalue weighted by atomic mass is 31.2. The Morgan fingerprint density at radius 3 is 1.69 bits per heavy atom. The number of aliphatic hydroxyl groups is 2. The van der Waals surface area contributed by atoms with E-state index >= 15 is 0 Å². The summed E-state index contributed by atoms with van der Waals surface area (Å²) < 4.78 is 47.4. The molecular formula is C38H68O14P2. The maximum absolute atomic E-state index is 12.5. The summed E-state index contributed by atoms with van der Waals surface area (Å²) in [7, 11) is -9.68. The van der Waals surface area contributed by atoms with Crippen molar-refractivity contribution in [1.29, 1.82) is 0 Å². The average molecular weight is 811 g/mol. The molecule has 54 heavy (non-hydrogen) atoms. The van der Waals surface area contributed by atoms with E-state index in [2.05, 4.69) is 59.4 Å². The van der Waals surface area contributed by atoms with E-state index in [-0.39, 0.29) is 19.4 Å². The largest absolute Gasteiger partial charge is 0.472 e. The topological polar surface area (TPSA) is 216 Å². The van der Waals surface area contributed by atoms with Crippen LogP contribution in [-0.2, 0) is 41.8 Å². The minimum Gasteiger partial charge on any atom is -0.462 e. The maximum Gasteiger partial charge on any atom is 0.472 e. The molecule has 3 atom stereocenters. The molecule has 0 aliphatic carbocycles. The van der Waals surface area contributed by atoms with E-state index < -0.39 is 66.2 Å². The first-order valence-corrected chi connectivity index (χ1v) is 22.3. The molecule has 0 rings (SSSR count). The minimum atomic E-state index is -4.87. The van der Waals surface area contributed by atoms with Crippen LogP contribution in [0.25, 0.3) is 0 Å². The van der Waals surface area contributed by atoms with Gasteiger partial charge in [-0.25, -0.2) is 9.13 Å². The Morgan fingerprint density at radius 2 is 1.09 bits per heavy atom. The van der Waals surface area contributed by atoms with Crippen LogP contribution in [0.2, 0.25) is 0 Å². The second kappa shape index (κ2) is 34.3. The van der Waals surface area contributed by atoms with Gasteiger partial charge in [-0.3, -0.25) is 23.2 Å². The van der Waals surface area contributed by atoms with Gasteiger partial charge in [-0.2, -0.15) is 0 Å². The average Bonchev–Trinajstić information content (AvgIpc) is 3.11. The molecule has 0 aliphatic rings. The molecule has 5 N–H and O–H groups in total. The second-order valence-corrected chi connectivity index (χ2v) is 16.1. The maximum atomic E-state index is 12.5. The van der Waals surface area contributed by atoms with Crippen LogP contribution in [0.5, 0.6) is 0 Å². The number of allylic oxidation sites excluding steroid dienone is 8. The lowest BCUT2D eigenvalue weighted by Gasteiger charge is -2.20. The summed E-state index contributed by atoms with van der Waals surface area (Å²) in [6, 6.07) is 0.